The smallest absolute Gasteiger partial charge is 0.389 e. The molecule has 5 nitrogen and oxygen atoms in total. The second-order valence-corrected chi connectivity index (χ2v) is 7.47. The van der Waals surface area contributed by atoms with Crippen molar-refractivity contribution in [2.24, 2.45) is 0 Å². The second kappa shape index (κ2) is 11.9. The van der Waals surface area contributed by atoms with E-state index in [2.05, 4.69) is 18.5 Å². The molecule has 31 heavy (non-hydrogen) atoms. The van der Waals surface area contributed by atoms with Crippen molar-refractivity contribution in [3.05, 3.63) is 72.0 Å². The molecule has 0 fully saturated rings. The molecule has 1 aromatic carbocycles. The Bertz CT molecular complexity index is 756. The van der Waals surface area contributed by atoms with Crippen LogP contribution in [-0.2, 0) is 11.3 Å². The SMILES string of the molecule is C=CBC1=C(C(=C)N(C)CCCO)N(Cc2ccccc2)C(OCCCC(F)(F)F)N1. The highest BCUT2D eigenvalue weighted by Crippen LogP contribution is 2.30. The van der Waals surface area contributed by atoms with Crippen LogP contribution in [0.1, 0.15) is 24.8 Å². The van der Waals surface area contributed by atoms with E-state index >= 15 is 0 Å². The van der Waals surface area contributed by atoms with Gasteiger partial charge >= 0.3 is 6.18 Å². The summed E-state index contributed by atoms with van der Waals surface area (Å²) < 4.78 is 43.4. The lowest BCUT2D eigenvalue weighted by atomic mass is 9.73. The number of benzene rings is 1. The number of ether oxygens (including phenoxy) is 1. The molecule has 0 aliphatic carbocycles. The van der Waals surface area contributed by atoms with Gasteiger partial charge in [0, 0.05) is 38.8 Å². The van der Waals surface area contributed by atoms with Crippen LogP contribution in [0.4, 0.5) is 13.2 Å². The van der Waals surface area contributed by atoms with Crippen molar-refractivity contribution in [3.8, 4) is 0 Å². The van der Waals surface area contributed by atoms with Crippen molar-refractivity contribution in [2.45, 2.75) is 38.3 Å². The number of hydrogen-bond acceptors (Lipinski definition) is 5. The van der Waals surface area contributed by atoms with Crippen LogP contribution in [0, 0.1) is 0 Å². The Morgan fingerprint density at radius 1 is 1.32 bits per heavy atom. The van der Waals surface area contributed by atoms with E-state index in [4.69, 9.17) is 9.84 Å². The van der Waals surface area contributed by atoms with E-state index in [1.165, 1.54) is 0 Å². The van der Waals surface area contributed by atoms with E-state index < -0.39 is 18.9 Å². The Morgan fingerprint density at radius 3 is 2.65 bits per heavy atom. The number of rotatable bonds is 13. The molecule has 0 bridgehead atoms. The second-order valence-electron chi connectivity index (χ2n) is 7.47. The third-order valence-electron chi connectivity index (χ3n) is 4.96. The van der Waals surface area contributed by atoms with Crippen molar-refractivity contribution in [3.63, 3.8) is 0 Å². The lowest BCUT2D eigenvalue weighted by Crippen LogP contribution is -2.41. The molecule has 0 aromatic heterocycles. The van der Waals surface area contributed by atoms with Crippen LogP contribution < -0.4 is 5.32 Å². The average molecular weight is 437 g/mol. The molecule has 1 aliphatic rings. The number of nitrogens with zero attached hydrogens (tertiary/aromatic N) is 2. The summed E-state index contributed by atoms with van der Waals surface area (Å²) in [7, 11) is 2.44. The van der Waals surface area contributed by atoms with E-state index in [0.29, 0.717) is 26.8 Å². The minimum absolute atomic E-state index is 0.0239. The molecule has 170 valence electrons. The summed E-state index contributed by atoms with van der Waals surface area (Å²) in [4.78, 5) is 3.94. The first-order valence-electron chi connectivity index (χ1n) is 10.4. The van der Waals surface area contributed by atoms with E-state index in [1.54, 1.807) is 5.98 Å². The maximum Gasteiger partial charge on any atom is 0.389 e. The number of aliphatic hydroxyl groups excluding tert-OH is 1. The summed E-state index contributed by atoms with van der Waals surface area (Å²) in [5.41, 5.74) is 3.48. The van der Waals surface area contributed by atoms with Gasteiger partial charge < -0.3 is 25.0 Å². The number of likely N-dealkylation sites (N-methyl/N-ethyl adjacent to an activating group) is 1. The number of aliphatic hydroxyl groups is 1. The monoisotopic (exact) mass is 437 g/mol. The molecule has 0 saturated carbocycles. The van der Waals surface area contributed by atoms with Crippen molar-refractivity contribution < 1.29 is 23.0 Å². The molecular formula is C22H31BF3N3O2. The average Bonchev–Trinajstić information content (AvgIpc) is 3.06. The van der Waals surface area contributed by atoms with Crippen LogP contribution in [0.5, 0.6) is 0 Å². The summed E-state index contributed by atoms with van der Waals surface area (Å²) in [6.07, 6.45) is -5.19. The molecule has 9 heteroatoms. The highest BCUT2D eigenvalue weighted by Gasteiger charge is 2.34. The Morgan fingerprint density at radius 2 is 2.03 bits per heavy atom. The molecular weight excluding hydrogens is 406 g/mol. The summed E-state index contributed by atoms with van der Waals surface area (Å²) in [5.74, 6) is 1.76. The van der Waals surface area contributed by atoms with Gasteiger partial charge in [0.1, 0.15) is 0 Å². The van der Waals surface area contributed by atoms with Gasteiger partial charge in [-0.25, -0.2) is 0 Å². The van der Waals surface area contributed by atoms with E-state index in [-0.39, 0.29) is 19.6 Å². The lowest BCUT2D eigenvalue weighted by Gasteiger charge is -2.32. The van der Waals surface area contributed by atoms with Crippen molar-refractivity contribution in [2.75, 3.05) is 26.8 Å². The summed E-state index contributed by atoms with van der Waals surface area (Å²) in [5, 5.41) is 12.5. The molecule has 1 unspecified atom stereocenters. The van der Waals surface area contributed by atoms with E-state index in [1.807, 2.05) is 47.2 Å². The molecule has 2 N–H and O–H groups in total. The van der Waals surface area contributed by atoms with Crippen molar-refractivity contribution >= 4 is 7.28 Å². The number of alkyl halides is 3. The first-order chi connectivity index (χ1) is 14.8. The highest BCUT2D eigenvalue weighted by atomic mass is 19.4. The van der Waals surface area contributed by atoms with E-state index in [0.717, 1.165) is 22.6 Å². The van der Waals surface area contributed by atoms with Crippen LogP contribution in [0.2, 0.25) is 0 Å². The molecule has 1 atom stereocenters. The molecule has 1 aromatic rings. The van der Waals surface area contributed by atoms with Gasteiger partial charge in [0.2, 0.25) is 13.6 Å². The summed E-state index contributed by atoms with van der Waals surface area (Å²) in [6.45, 7) is 9.23. The molecule has 0 radical (unpaired) electrons. The Hall–Kier alpha value is -2.39. The van der Waals surface area contributed by atoms with Crippen LogP contribution in [-0.4, -0.2) is 61.5 Å². The van der Waals surface area contributed by atoms with Gasteiger partial charge in [-0.3, -0.25) is 0 Å². The third-order valence-corrected chi connectivity index (χ3v) is 4.96. The molecule has 0 amide bonds. The fraction of sp³-hybridized carbons (Fsp3) is 0.455. The maximum atomic E-state index is 12.5. The zero-order chi connectivity index (χ0) is 22.9. The fourth-order valence-electron chi connectivity index (χ4n) is 3.39. The zero-order valence-electron chi connectivity index (χ0n) is 18.0. The normalized spacial score (nSPS) is 16.3. The zero-order valence-corrected chi connectivity index (χ0v) is 18.0. The predicted octanol–water partition coefficient (Wildman–Crippen LogP) is 3.31. The minimum Gasteiger partial charge on any atom is -0.396 e. The predicted molar refractivity (Wildman–Crippen MR) is 118 cm³/mol. The topological polar surface area (TPSA) is 48.0 Å². The maximum absolute atomic E-state index is 12.5. The number of halogens is 3. The van der Waals surface area contributed by atoms with Gasteiger partial charge in [-0.2, -0.15) is 13.2 Å². The Labute approximate surface area is 183 Å². The number of nitrogens with one attached hydrogen (secondary N) is 1. The van der Waals surface area contributed by atoms with Crippen molar-refractivity contribution in [1.82, 2.24) is 15.1 Å². The van der Waals surface area contributed by atoms with Gasteiger partial charge in [0.25, 0.3) is 0 Å². The first-order valence-corrected chi connectivity index (χ1v) is 10.4. The van der Waals surface area contributed by atoms with Crippen molar-refractivity contribution in [1.29, 1.82) is 0 Å². The van der Waals surface area contributed by atoms with Gasteiger partial charge in [-0.15, -0.1) is 12.6 Å². The highest BCUT2D eigenvalue weighted by molar-refractivity contribution is 6.51. The first kappa shape index (κ1) is 24.9. The Kier molecular flexibility index (Phi) is 9.52. The molecule has 1 aliphatic heterocycles. The standard InChI is InChI=1S/C22H31BF3N3O2/c1-4-23-20-19(17(2)28(3)13-9-14-30)29(16-18-10-6-5-7-11-18)21(27-20)31-15-8-12-22(24,25)26/h4-7,10-11,21,23,27,30H,1-2,8-9,12-16H2,3H3. The fourth-order valence-corrected chi connectivity index (χ4v) is 3.39. The molecule has 0 saturated heterocycles. The molecule has 1 heterocycles. The number of hydrogen-bond donors (Lipinski definition) is 2. The van der Waals surface area contributed by atoms with Crippen LogP contribution >= 0.6 is 0 Å². The van der Waals surface area contributed by atoms with Crippen LogP contribution in [0.15, 0.2) is 66.5 Å². The lowest BCUT2D eigenvalue weighted by molar-refractivity contribution is -0.141. The quantitative estimate of drug-likeness (QED) is 0.367. The van der Waals surface area contributed by atoms with E-state index in [9.17, 15) is 13.2 Å². The molecule has 0 spiro atoms. The summed E-state index contributed by atoms with van der Waals surface area (Å²) in [6, 6.07) is 9.78. The third kappa shape index (κ3) is 7.67. The summed E-state index contributed by atoms with van der Waals surface area (Å²) >= 11 is 0. The van der Waals surface area contributed by atoms with Gasteiger partial charge in [-0.1, -0.05) is 36.9 Å². The van der Waals surface area contributed by atoms with Gasteiger partial charge in [0.15, 0.2) is 0 Å². The molecule has 2 rings (SSSR count). The van der Waals surface area contributed by atoms with Gasteiger partial charge in [-0.05, 0) is 18.4 Å². The van der Waals surface area contributed by atoms with Gasteiger partial charge in [0.05, 0.1) is 18.0 Å². The Balaban J connectivity index is 2.23. The van der Waals surface area contributed by atoms with Crippen LogP contribution in [0.25, 0.3) is 0 Å². The van der Waals surface area contributed by atoms with Crippen LogP contribution in [0.3, 0.4) is 0 Å². The minimum atomic E-state index is -4.20. The largest absolute Gasteiger partial charge is 0.396 e.